The van der Waals surface area contributed by atoms with Gasteiger partial charge in [-0.25, -0.2) is 0 Å². The molecule has 2 unspecified atom stereocenters. The van der Waals surface area contributed by atoms with Crippen molar-refractivity contribution >= 4 is 17.5 Å². The van der Waals surface area contributed by atoms with Gasteiger partial charge in [0.1, 0.15) is 5.75 Å². The van der Waals surface area contributed by atoms with Gasteiger partial charge >= 0.3 is 0 Å². The van der Waals surface area contributed by atoms with Crippen LogP contribution in [0.3, 0.4) is 0 Å². The van der Waals surface area contributed by atoms with Crippen LogP contribution in [0.1, 0.15) is 31.9 Å². The lowest BCUT2D eigenvalue weighted by Crippen LogP contribution is -2.37. The molecule has 0 aliphatic carbocycles. The van der Waals surface area contributed by atoms with Crippen LogP contribution in [0, 0.1) is 0 Å². The van der Waals surface area contributed by atoms with Crippen LogP contribution < -0.4 is 10.1 Å². The standard InChI is InChI=1S/C15H22ClNO4/c1-10(18)13-9-12(16)5-6-14(13)21-11(2)15(19)17-7-4-8-20-3/h5-6,9-11,18H,4,7-8H2,1-3H3,(H,17,19). The summed E-state index contributed by atoms with van der Waals surface area (Å²) < 4.78 is 10.5. The van der Waals surface area contributed by atoms with Gasteiger partial charge in [-0.05, 0) is 38.5 Å². The molecule has 1 aromatic carbocycles. The lowest BCUT2D eigenvalue weighted by Gasteiger charge is -2.18. The summed E-state index contributed by atoms with van der Waals surface area (Å²) in [5.74, 6) is 0.242. The van der Waals surface area contributed by atoms with E-state index in [9.17, 15) is 9.90 Å². The highest BCUT2D eigenvalue weighted by atomic mass is 35.5. The lowest BCUT2D eigenvalue weighted by atomic mass is 10.1. The van der Waals surface area contributed by atoms with Crippen molar-refractivity contribution in [2.45, 2.75) is 32.5 Å². The summed E-state index contributed by atoms with van der Waals surface area (Å²) >= 11 is 5.90. The molecule has 0 heterocycles. The average molecular weight is 316 g/mol. The monoisotopic (exact) mass is 315 g/mol. The first-order valence-electron chi connectivity index (χ1n) is 6.86. The summed E-state index contributed by atoms with van der Waals surface area (Å²) in [7, 11) is 1.62. The lowest BCUT2D eigenvalue weighted by molar-refractivity contribution is -0.127. The second-order valence-electron chi connectivity index (χ2n) is 4.76. The highest BCUT2D eigenvalue weighted by molar-refractivity contribution is 6.30. The van der Waals surface area contributed by atoms with Crippen LogP contribution in [-0.2, 0) is 9.53 Å². The molecule has 118 valence electrons. The highest BCUT2D eigenvalue weighted by Crippen LogP contribution is 2.29. The van der Waals surface area contributed by atoms with Crippen molar-refractivity contribution in [2.75, 3.05) is 20.3 Å². The van der Waals surface area contributed by atoms with Crippen LogP contribution in [0.4, 0.5) is 0 Å². The molecule has 5 nitrogen and oxygen atoms in total. The van der Waals surface area contributed by atoms with Crippen molar-refractivity contribution < 1.29 is 19.4 Å². The number of hydrogen-bond donors (Lipinski definition) is 2. The van der Waals surface area contributed by atoms with Gasteiger partial charge in [-0.1, -0.05) is 11.6 Å². The van der Waals surface area contributed by atoms with Gasteiger partial charge in [-0.2, -0.15) is 0 Å². The van der Waals surface area contributed by atoms with E-state index in [4.69, 9.17) is 21.1 Å². The number of aliphatic hydroxyl groups is 1. The zero-order valence-electron chi connectivity index (χ0n) is 12.6. The number of aliphatic hydroxyl groups excluding tert-OH is 1. The van der Waals surface area contributed by atoms with Gasteiger partial charge < -0.3 is 19.9 Å². The van der Waals surface area contributed by atoms with Crippen molar-refractivity contribution in [1.29, 1.82) is 0 Å². The normalized spacial score (nSPS) is 13.6. The maximum Gasteiger partial charge on any atom is 0.260 e. The van der Waals surface area contributed by atoms with E-state index >= 15 is 0 Å². The summed E-state index contributed by atoms with van der Waals surface area (Å²) in [5, 5.41) is 13.0. The molecule has 0 aromatic heterocycles. The van der Waals surface area contributed by atoms with Crippen LogP contribution in [0.15, 0.2) is 18.2 Å². The number of methoxy groups -OCH3 is 1. The molecule has 21 heavy (non-hydrogen) atoms. The molecule has 0 aliphatic rings. The summed E-state index contributed by atoms with van der Waals surface area (Å²) in [5.41, 5.74) is 0.557. The Morgan fingerprint density at radius 3 is 2.76 bits per heavy atom. The third kappa shape index (κ3) is 5.91. The van der Waals surface area contributed by atoms with E-state index in [1.807, 2.05) is 0 Å². The SMILES string of the molecule is COCCCNC(=O)C(C)Oc1ccc(Cl)cc1C(C)O. The van der Waals surface area contributed by atoms with Crippen LogP contribution in [0.5, 0.6) is 5.75 Å². The molecule has 6 heteroatoms. The largest absolute Gasteiger partial charge is 0.481 e. The molecule has 0 fully saturated rings. The molecule has 0 aliphatic heterocycles. The Labute approximate surface area is 130 Å². The molecule has 0 saturated heterocycles. The Morgan fingerprint density at radius 2 is 2.14 bits per heavy atom. The Bertz CT molecular complexity index is 465. The van der Waals surface area contributed by atoms with E-state index in [1.54, 1.807) is 39.2 Å². The van der Waals surface area contributed by atoms with Gasteiger partial charge in [-0.3, -0.25) is 4.79 Å². The molecule has 1 amide bonds. The molecule has 1 rings (SSSR count). The Morgan fingerprint density at radius 1 is 1.43 bits per heavy atom. The fourth-order valence-corrected chi connectivity index (χ4v) is 1.95. The molecular formula is C15H22ClNO4. The van der Waals surface area contributed by atoms with Crippen molar-refractivity contribution in [3.63, 3.8) is 0 Å². The van der Waals surface area contributed by atoms with Gasteiger partial charge in [0.05, 0.1) is 6.10 Å². The van der Waals surface area contributed by atoms with Gasteiger partial charge in [0.2, 0.25) is 0 Å². The fourth-order valence-electron chi connectivity index (χ4n) is 1.77. The van der Waals surface area contributed by atoms with Crippen molar-refractivity contribution in [1.82, 2.24) is 5.32 Å². The van der Waals surface area contributed by atoms with Crippen LogP contribution >= 0.6 is 11.6 Å². The van der Waals surface area contributed by atoms with Gasteiger partial charge in [0.15, 0.2) is 6.10 Å². The number of carbonyl (C=O) groups is 1. The number of benzene rings is 1. The van der Waals surface area contributed by atoms with Gasteiger partial charge in [0, 0.05) is 30.8 Å². The molecular weight excluding hydrogens is 294 g/mol. The minimum atomic E-state index is -0.726. The van der Waals surface area contributed by atoms with Crippen molar-refractivity contribution in [3.05, 3.63) is 28.8 Å². The minimum Gasteiger partial charge on any atom is -0.481 e. The number of nitrogens with one attached hydrogen (secondary N) is 1. The summed E-state index contributed by atoms with van der Waals surface area (Å²) in [6, 6.07) is 4.94. The second-order valence-corrected chi connectivity index (χ2v) is 5.19. The predicted molar refractivity (Wildman–Crippen MR) is 81.7 cm³/mol. The second kappa shape index (κ2) is 8.87. The quantitative estimate of drug-likeness (QED) is 0.722. The summed E-state index contributed by atoms with van der Waals surface area (Å²) in [6.07, 6.45) is -0.642. The molecule has 0 bridgehead atoms. The number of halogens is 1. The Balaban J connectivity index is 2.61. The Hall–Kier alpha value is -1.30. The minimum absolute atomic E-state index is 0.211. The predicted octanol–water partition coefficient (Wildman–Crippen LogP) is 2.31. The first-order chi connectivity index (χ1) is 9.95. The van der Waals surface area contributed by atoms with E-state index in [2.05, 4.69) is 5.32 Å². The summed E-state index contributed by atoms with van der Waals surface area (Å²) in [6.45, 7) is 4.41. The Kier molecular flexibility index (Phi) is 7.50. The van der Waals surface area contributed by atoms with E-state index in [1.165, 1.54) is 0 Å². The highest BCUT2D eigenvalue weighted by Gasteiger charge is 2.17. The number of hydrogen-bond acceptors (Lipinski definition) is 4. The van der Waals surface area contributed by atoms with Crippen molar-refractivity contribution in [3.8, 4) is 5.75 Å². The third-order valence-electron chi connectivity index (χ3n) is 2.92. The molecule has 2 N–H and O–H groups in total. The average Bonchev–Trinajstić information content (AvgIpc) is 2.44. The number of ether oxygens (including phenoxy) is 2. The molecule has 1 aromatic rings. The van der Waals surface area contributed by atoms with E-state index in [0.29, 0.717) is 29.5 Å². The number of amides is 1. The van der Waals surface area contributed by atoms with Gasteiger partial charge in [-0.15, -0.1) is 0 Å². The topological polar surface area (TPSA) is 67.8 Å². The molecule has 0 spiro atoms. The zero-order chi connectivity index (χ0) is 15.8. The van der Waals surface area contributed by atoms with E-state index in [0.717, 1.165) is 6.42 Å². The van der Waals surface area contributed by atoms with Gasteiger partial charge in [0.25, 0.3) is 5.91 Å². The van der Waals surface area contributed by atoms with Crippen LogP contribution in [0.2, 0.25) is 5.02 Å². The van der Waals surface area contributed by atoms with Crippen LogP contribution in [-0.4, -0.2) is 37.4 Å². The molecule has 0 radical (unpaired) electrons. The van der Waals surface area contributed by atoms with Crippen LogP contribution in [0.25, 0.3) is 0 Å². The first kappa shape index (κ1) is 17.8. The summed E-state index contributed by atoms with van der Waals surface area (Å²) in [4.78, 5) is 11.9. The van der Waals surface area contributed by atoms with E-state index in [-0.39, 0.29) is 5.91 Å². The molecule has 0 saturated carbocycles. The molecule has 2 atom stereocenters. The van der Waals surface area contributed by atoms with E-state index < -0.39 is 12.2 Å². The first-order valence-corrected chi connectivity index (χ1v) is 7.24. The third-order valence-corrected chi connectivity index (χ3v) is 3.15. The maximum atomic E-state index is 11.9. The smallest absolute Gasteiger partial charge is 0.260 e. The number of rotatable bonds is 8. The zero-order valence-corrected chi connectivity index (χ0v) is 13.3. The fraction of sp³-hybridized carbons (Fsp3) is 0.533. The number of carbonyl (C=O) groups excluding carboxylic acids is 1. The maximum absolute atomic E-state index is 11.9. The van der Waals surface area contributed by atoms with Crippen molar-refractivity contribution in [2.24, 2.45) is 0 Å².